The van der Waals surface area contributed by atoms with Gasteiger partial charge in [0.25, 0.3) is 0 Å². The summed E-state index contributed by atoms with van der Waals surface area (Å²) in [6.45, 7) is 4.98. The molecule has 0 amide bonds. The van der Waals surface area contributed by atoms with Gasteiger partial charge < -0.3 is 5.32 Å². The molecule has 3 nitrogen and oxygen atoms in total. The van der Waals surface area contributed by atoms with Crippen LogP contribution in [-0.2, 0) is 19.9 Å². The van der Waals surface area contributed by atoms with Gasteiger partial charge in [0.05, 0.1) is 16.4 Å². The number of aromatic nitrogens is 2. The Kier molecular flexibility index (Phi) is 5.68. The average molecular weight is 326 g/mol. The van der Waals surface area contributed by atoms with Crippen molar-refractivity contribution in [3.05, 3.63) is 51.3 Å². The predicted octanol–water partition coefficient (Wildman–Crippen LogP) is 3.80. The molecular formula is C16H21Cl2N3. The molecule has 0 aliphatic carbocycles. The molecule has 1 heterocycles. The summed E-state index contributed by atoms with van der Waals surface area (Å²) in [5.74, 6) is 0. The molecule has 0 radical (unpaired) electrons. The first-order valence-corrected chi connectivity index (χ1v) is 7.92. The van der Waals surface area contributed by atoms with E-state index < -0.39 is 0 Å². The van der Waals surface area contributed by atoms with Gasteiger partial charge in [-0.3, -0.25) is 4.68 Å². The minimum Gasteiger partial charge on any atom is -0.314 e. The Morgan fingerprint density at radius 2 is 1.86 bits per heavy atom. The standard InChI is InChI=1S/C16H21Cl2N3/c1-4-19-14(9-12-5-7-13(17)8-6-12)10-15-16(18)11(2)20-21(15)3/h5-8,14,19H,4,9-10H2,1-3H3. The van der Waals surface area contributed by atoms with Crippen LogP contribution in [0.3, 0.4) is 0 Å². The fraction of sp³-hybridized carbons (Fsp3) is 0.438. The molecule has 0 saturated heterocycles. The van der Waals surface area contributed by atoms with E-state index in [1.165, 1.54) is 5.56 Å². The number of nitrogens with one attached hydrogen (secondary N) is 1. The Morgan fingerprint density at radius 3 is 2.38 bits per heavy atom. The topological polar surface area (TPSA) is 29.9 Å². The molecule has 0 aliphatic heterocycles. The van der Waals surface area contributed by atoms with Crippen LogP contribution in [0.15, 0.2) is 24.3 Å². The van der Waals surface area contributed by atoms with Crippen LogP contribution in [0.4, 0.5) is 0 Å². The molecule has 114 valence electrons. The minimum absolute atomic E-state index is 0.323. The lowest BCUT2D eigenvalue weighted by atomic mass is 10.0. The van der Waals surface area contributed by atoms with E-state index in [-0.39, 0.29) is 0 Å². The lowest BCUT2D eigenvalue weighted by Crippen LogP contribution is -2.33. The van der Waals surface area contributed by atoms with Gasteiger partial charge in [0.2, 0.25) is 0 Å². The Balaban J connectivity index is 2.13. The van der Waals surface area contributed by atoms with Crippen LogP contribution in [0.5, 0.6) is 0 Å². The van der Waals surface area contributed by atoms with E-state index in [1.54, 1.807) is 0 Å². The van der Waals surface area contributed by atoms with Crippen molar-refractivity contribution in [2.75, 3.05) is 6.54 Å². The molecule has 0 saturated carbocycles. The fourth-order valence-corrected chi connectivity index (χ4v) is 2.91. The van der Waals surface area contributed by atoms with Crippen molar-refractivity contribution >= 4 is 23.2 Å². The number of rotatable bonds is 6. The second kappa shape index (κ2) is 7.30. The predicted molar refractivity (Wildman–Crippen MR) is 89.3 cm³/mol. The SMILES string of the molecule is CCNC(Cc1ccc(Cl)cc1)Cc1c(Cl)c(C)nn1C. The summed E-state index contributed by atoms with van der Waals surface area (Å²) in [4.78, 5) is 0. The Labute approximate surface area is 136 Å². The summed E-state index contributed by atoms with van der Waals surface area (Å²) < 4.78 is 1.88. The summed E-state index contributed by atoms with van der Waals surface area (Å²) in [6.07, 6.45) is 1.79. The van der Waals surface area contributed by atoms with Crippen molar-refractivity contribution in [3.8, 4) is 0 Å². The summed E-state index contributed by atoms with van der Waals surface area (Å²) in [5, 5.41) is 9.45. The molecule has 1 aromatic carbocycles. The van der Waals surface area contributed by atoms with Gasteiger partial charge in [-0.15, -0.1) is 0 Å². The lowest BCUT2D eigenvalue weighted by Gasteiger charge is -2.18. The number of likely N-dealkylation sites (N-methyl/N-ethyl adjacent to an activating group) is 1. The minimum atomic E-state index is 0.323. The highest BCUT2D eigenvalue weighted by Gasteiger charge is 2.17. The zero-order chi connectivity index (χ0) is 15.4. The van der Waals surface area contributed by atoms with E-state index in [2.05, 4.69) is 29.5 Å². The van der Waals surface area contributed by atoms with E-state index >= 15 is 0 Å². The van der Waals surface area contributed by atoms with E-state index in [4.69, 9.17) is 23.2 Å². The molecule has 0 spiro atoms. The number of hydrogen-bond acceptors (Lipinski definition) is 2. The quantitative estimate of drug-likeness (QED) is 0.875. The van der Waals surface area contributed by atoms with Gasteiger partial charge >= 0.3 is 0 Å². The van der Waals surface area contributed by atoms with Crippen LogP contribution in [0.1, 0.15) is 23.9 Å². The van der Waals surface area contributed by atoms with Gasteiger partial charge in [0, 0.05) is 24.5 Å². The fourth-order valence-electron chi connectivity index (χ4n) is 2.55. The zero-order valence-electron chi connectivity index (χ0n) is 12.7. The normalized spacial score (nSPS) is 12.6. The van der Waals surface area contributed by atoms with Crippen molar-refractivity contribution in [2.24, 2.45) is 7.05 Å². The number of benzene rings is 1. The molecule has 0 aliphatic rings. The maximum atomic E-state index is 6.35. The average Bonchev–Trinajstić information content (AvgIpc) is 2.68. The third-order valence-electron chi connectivity index (χ3n) is 3.59. The first-order chi connectivity index (χ1) is 10.0. The second-order valence-electron chi connectivity index (χ2n) is 5.26. The summed E-state index contributed by atoms with van der Waals surface area (Å²) >= 11 is 12.3. The maximum absolute atomic E-state index is 6.35. The third-order valence-corrected chi connectivity index (χ3v) is 4.33. The van der Waals surface area contributed by atoms with Gasteiger partial charge in [0.1, 0.15) is 0 Å². The summed E-state index contributed by atoms with van der Waals surface area (Å²) in [7, 11) is 1.94. The van der Waals surface area contributed by atoms with Gasteiger partial charge in [-0.25, -0.2) is 0 Å². The van der Waals surface area contributed by atoms with Crippen LogP contribution >= 0.6 is 23.2 Å². The van der Waals surface area contributed by atoms with Gasteiger partial charge in [0.15, 0.2) is 0 Å². The first-order valence-electron chi connectivity index (χ1n) is 7.17. The summed E-state index contributed by atoms with van der Waals surface area (Å²) in [6, 6.07) is 8.33. The van der Waals surface area contributed by atoms with Gasteiger partial charge in [-0.2, -0.15) is 5.10 Å². The van der Waals surface area contributed by atoms with Crippen LogP contribution in [0.25, 0.3) is 0 Å². The molecule has 5 heteroatoms. The largest absolute Gasteiger partial charge is 0.314 e. The van der Waals surface area contributed by atoms with Crippen LogP contribution in [0.2, 0.25) is 10.0 Å². The monoisotopic (exact) mass is 325 g/mol. The van der Waals surface area contributed by atoms with E-state index in [1.807, 2.05) is 30.8 Å². The lowest BCUT2D eigenvalue weighted by molar-refractivity contribution is 0.504. The maximum Gasteiger partial charge on any atom is 0.0847 e. The molecule has 21 heavy (non-hydrogen) atoms. The highest BCUT2D eigenvalue weighted by molar-refractivity contribution is 6.31. The van der Waals surface area contributed by atoms with Crippen molar-refractivity contribution in [1.29, 1.82) is 0 Å². The number of halogens is 2. The third kappa shape index (κ3) is 4.22. The molecule has 0 fully saturated rings. The molecule has 2 rings (SSSR count). The molecule has 1 unspecified atom stereocenters. The van der Waals surface area contributed by atoms with Crippen molar-refractivity contribution in [2.45, 2.75) is 32.7 Å². The van der Waals surface area contributed by atoms with Crippen LogP contribution < -0.4 is 5.32 Å². The Morgan fingerprint density at radius 1 is 1.19 bits per heavy atom. The Bertz CT molecular complexity index is 590. The zero-order valence-corrected chi connectivity index (χ0v) is 14.2. The molecule has 1 N–H and O–H groups in total. The molecule has 0 bridgehead atoms. The number of nitrogens with zero attached hydrogens (tertiary/aromatic N) is 2. The van der Waals surface area contributed by atoms with Crippen LogP contribution in [0, 0.1) is 6.92 Å². The van der Waals surface area contributed by atoms with Crippen molar-refractivity contribution in [1.82, 2.24) is 15.1 Å². The van der Waals surface area contributed by atoms with E-state index in [0.29, 0.717) is 6.04 Å². The summed E-state index contributed by atoms with van der Waals surface area (Å²) in [5.41, 5.74) is 3.23. The Hall–Kier alpha value is -1.03. The van der Waals surface area contributed by atoms with Gasteiger partial charge in [-0.05, 0) is 37.6 Å². The smallest absolute Gasteiger partial charge is 0.0847 e. The van der Waals surface area contributed by atoms with Crippen molar-refractivity contribution < 1.29 is 0 Å². The number of aryl methyl sites for hydroxylation is 2. The highest BCUT2D eigenvalue weighted by Crippen LogP contribution is 2.22. The van der Waals surface area contributed by atoms with E-state index in [9.17, 15) is 0 Å². The molecule has 1 aromatic heterocycles. The molecule has 2 aromatic rings. The van der Waals surface area contributed by atoms with Gasteiger partial charge in [-0.1, -0.05) is 42.3 Å². The number of hydrogen-bond donors (Lipinski definition) is 1. The second-order valence-corrected chi connectivity index (χ2v) is 6.07. The van der Waals surface area contributed by atoms with E-state index in [0.717, 1.165) is 40.8 Å². The molecule has 1 atom stereocenters. The van der Waals surface area contributed by atoms with Crippen molar-refractivity contribution in [3.63, 3.8) is 0 Å². The van der Waals surface area contributed by atoms with Crippen LogP contribution in [-0.4, -0.2) is 22.4 Å². The first kappa shape index (κ1) is 16.3. The highest BCUT2D eigenvalue weighted by atomic mass is 35.5. The molecular weight excluding hydrogens is 305 g/mol.